The Hall–Kier alpha value is -1.51. The Morgan fingerprint density at radius 1 is 1.15 bits per heavy atom. The molecule has 0 heterocycles. The van der Waals surface area contributed by atoms with Gasteiger partial charge in [0.05, 0.1) is 6.54 Å². The Labute approximate surface area is 180 Å². The van der Waals surface area contributed by atoms with E-state index in [9.17, 15) is 4.79 Å². The fourth-order valence-electron chi connectivity index (χ4n) is 2.95. The van der Waals surface area contributed by atoms with E-state index in [-0.39, 0.29) is 36.4 Å². The number of ether oxygens (including phenoxy) is 1. The van der Waals surface area contributed by atoms with Gasteiger partial charge in [0.2, 0.25) is 5.91 Å². The van der Waals surface area contributed by atoms with E-state index < -0.39 is 0 Å². The molecule has 1 amide bonds. The molecule has 0 aromatic heterocycles. The number of halogens is 1. The van der Waals surface area contributed by atoms with Crippen molar-refractivity contribution >= 4 is 35.8 Å². The van der Waals surface area contributed by atoms with Crippen molar-refractivity contribution in [2.45, 2.75) is 32.1 Å². The molecule has 6 nitrogen and oxygen atoms in total. The summed E-state index contributed by atoms with van der Waals surface area (Å²) in [5.41, 5.74) is 0. The van der Waals surface area contributed by atoms with Gasteiger partial charge in [-0.25, -0.2) is 4.99 Å². The number of hydrogen-bond acceptors (Lipinski definition) is 3. The van der Waals surface area contributed by atoms with Gasteiger partial charge in [-0.3, -0.25) is 4.79 Å². The summed E-state index contributed by atoms with van der Waals surface area (Å²) in [6.07, 6.45) is 6.53. The van der Waals surface area contributed by atoms with Crippen LogP contribution in [0, 0.1) is 5.92 Å². The number of likely N-dealkylation sites (N-methyl/N-ethyl adjacent to an activating group) is 1. The molecule has 0 radical (unpaired) electrons. The standard InChI is InChI=1S/C20H32N4O2.HI/c1-24(2)19(25)16-23-20(22-15-17-9-5-3-6-10-17)21-13-14-26-18-11-7-4-8-12-18;/h4,7-8,11-12,17H,3,5-6,9-10,13-16H2,1-2H3,(H2,21,22,23);1H. The molecule has 1 saturated carbocycles. The van der Waals surface area contributed by atoms with Crippen LogP contribution in [0.5, 0.6) is 5.75 Å². The summed E-state index contributed by atoms with van der Waals surface area (Å²) in [6, 6.07) is 9.74. The van der Waals surface area contributed by atoms with Gasteiger partial charge in [0.1, 0.15) is 18.9 Å². The average Bonchev–Trinajstić information content (AvgIpc) is 2.67. The second-order valence-electron chi connectivity index (χ2n) is 6.93. The summed E-state index contributed by atoms with van der Waals surface area (Å²) in [5.74, 6) is 2.22. The summed E-state index contributed by atoms with van der Waals surface area (Å²) in [7, 11) is 3.49. The van der Waals surface area contributed by atoms with Crippen molar-refractivity contribution < 1.29 is 9.53 Å². The Bertz CT molecular complexity index is 560. The summed E-state index contributed by atoms with van der Waals surface area (Å²) in [5, 5.41) is 6.66. The topological polar surface area (TPSA) is 66.0 Å². The average molecular weight is 488 g/mol. The number of nitrogens with zero attached hydrogens (tertiary/aromatic N) is 2. The van der Waals surface area contributed by atoms with Gasteiger partial charge in [0.25, 0.3) is 0 Å². The quantitative estimate of drug-likeness (QED) is 0.256. The second-order valence-corrected chi connectivity index (χ2v) is 6.93. The number of amides is 1. The fraction of sp³-hybridized carbons (Fsp3) is 0.600. The molecule has 0 spiro atoms. The smallest absolute Gasteiger partial charge is 0.243 e. The van der Waals surface area contributed by atoms with Crippen LogP contribution in [-0.4, -0.2) is 57.1 Å². The predicted octanol–water partition coefficient (Wildman–Crippen LogP) is 2.89. The van der Waals surface area contributed by atoms with Crippen LogP contribution in [0.15, 0.2) is 35.3 Å². The number of aliphatic imine (C=N–C) groups is 1. The van der Waals surface area contributed by atoms with Crippen molar-refractivity contribution in [1.29, 1.82) is 0 Å². The number of guanidine groups is 1. The first kappa shape index (κ1) is 23.5. The van der Waals surface area contributed by atoms with Gasteiger partial charge in [0, 0.05) is 20.6 Å². The summed E-state index contributed by atoms with van der Waals surface area (Å²) in [4.78, 5) is 17.8. The van der Waals surface area contributed by atoms with Gasteiger partial charge in [-0.1, -0.05) is 37.5 Å². The van der Waals surface area contributed by atoms with E-state index in [0.717, 1.165) is 12.3 Å². The van der Waals surface area contributed by atoms with Crippen LogP contribution in [0.3, 0.4) is 0 Å². The summed E-state index contributed by atoms with van der Waals surface area (Å²) in [6.45, 7) is 2.21. The highest BCUT2D eigenvalue weighted by atomic mass is 127. The minimum absolute atomic E-state index is 0. The zero-order valence-corrected chi connectivity index (χ0v) is 18.8. The first-order valence-electron chi connectivity index (χ1n) is 9.55. The van der Waals surface area contributed by atoms with Crippen LogP contribution in [0.4, 0.5) is 0 Å². The summed E-state index contributed by atoms with van der Waals surface area (Å²) >= 11 is 0. The van der Waals surface area contributed by atoms with E-state index >= 15 is 0 Å². The van der Waals surface area contributed by atoms with E-state index in [0.29, 0.717) is 25.0 Å². The molecule has 0 aliphatic heterocycles. The number of hydrogen-bond donors (Lipinski definition) is 2. The van der Waals surface area contributed by atoms with Gasteiger partial charge >= 0.3 is 0 Å². The molecule has 27 heavy (non-hydrogen) atoms. The lowest BCUT2D eigenvalue weighted by Gasteiger charge is -2.23. The maximum atomic E-state index is 11.8. The highest BCUT2D eigenvalue weighted by molar-refractivity contribution is 14.0. The highest BCUT2D eigenvalue weighted by Crippen LogP contribution is 2.22. The Morgan fingerprint density at radius 3 is 2.52 bits per heavy atom. The number of carbonyl (C=O) groups is 1. The largest absolute Gasteiger partial charge is 0.492 e. The summed E-state index contributed by atoms with van der Waals surface area (Å²) < 4.78 is 5.69. The minimum atomic E-state index is -0.00991. The third-order valence-electron chi connectivity index (χ3n) is 4.56. The fourth-order valence-corrected chi connectivity index (χ4v) is 2.95. The monoisotopic (exact) mass is 488 g/mol. The highest BCUT2D eigenvalue weighted by Gasteiger charge is 2.14. The lowest BCUT2D eigenvalue weighted by atomic mass is 9.89. The van der Waals surface area contributed by atoms with Crippen LogP contribution in [0.25, 0.3) is 0 Å². The molecule has 152 valence electrons. The molecule has 1 aromatic carbocycles. The van der Waals surface area contributed by atoms with Crippen molar-refractivity contribution in [2.75, 3.05) is 40.3 Å². The third-order valence-corrected chi connectivity index (χ3v) is 4.56. The van der Waals surface area contributed by atoms with Crippen molar-refractivity contribution in [1.82, 2.24) is 15.5 Å². The van der Waals surface area contributed by atoms with E-state index in [1.54, 1.807) is 19.0 Å². The maximum Gasteiger partial charge on any atom is 0.243 e. The van der Waals surface area contributed by atoms with E-state index in [4.69, 9.17) is 4.74 Å². The molecular formula is C20H33IN4O2. The third kappa shape index (κ3) is 9.83. The Morgan fingerprint density at radius 2 is 1.85 bits per heavy atom. The molecule has 0 bridgehead atoms. The van der Waals surface area contributed by atoms with E-state index in [2.05, 4.69) is 15.6 Å². The SMILES string of the molecule is CN(C)C(=O)CN=C(NCCOc1ccccc1)NCC1CCCCC1.I. The van der Waals surface area contributed by atoms with Gasteiger partial charge in [0.15, 0.2) is 5.96 Å². The number of para-hydroxylation sites is 1. The van der Waals surface area contributed by atoms with E-state index in [1.807, 2.05) is 30.3 Å². The van der Waals surface area contributed by atoms with Crippen LogP contribution < -0.4 is 15.4 Å². The molecule has 0 atom stereocenters. The predicted molar refractivity (Wildman–Crippen MR) is 121 cm³/mol. The van der Waals surface area contributed by atoms with Gasteiger partial charge < -0.3 is 20.3 Å². The molecule has 2 rings (SSSR count). The first-order valence-corrected chi connectivity index (χ1v) is 9.55. The minimum Gasteiger partial charge on any atom is -0.492 e. The molecule has 1 aliphatic rings. The van der Waals surface area contributed by atoms with Crippen molar-refractivity contribution in [3.63, 3.8) is 0 Å². The normalized spacial score (nSPS) is 14.8. The maximum absolute atomic E-state index is 11.8. The van der Waals surface area contributed by atoms with Crippen LogP contribution >= 0.6 is 24.0 Å². The molecular weight excluding hydrogens is 455 g/mol. The first-order chi connectivity index (χ1) is 12.6. The Balaban J connectivity index is 0.00000364. The molecule has 7 heteroatoms. The van der Waals surface area contributed by atoms with Gasteiger partial charge in [-0.15, -0.1) is 24.0 Å². The zero-order valence-electron chi connectivity index (χ0n) is 16.4. The van der Waals surface area contributed by atoms with Crippen molar-refractivity contribution in [3.8, 4) is 5.75 Å². The second kappa shape index (κ2) is 13.6. The molecule has 0 unspecified atom stereocenters. The van der Waals surface area contributed by atoms with Crippen LogP contribution in [-0.2, 0) is 4.79 Å². The van der Waals surface area contributed by atoms with Gasteiger partial charge in [-0.2, -0.15) is 0 Å². The Kier molecular flexibility index (Phi) is 11.9. The number of rotatable bonds is 8. The number of carbonyl (C=O) groups excluding carboxylic acids is 1. The lowest BCUT2D eigenvalue weighted by Crippen LogP contribution is -2.42. The lowest BCUT2D eigenvalue weighted by molar-refractivity contribution is -0.127. The molecule has 0 saturated heterocycles. The zero-order chi connectivity index (χ0) is 18.6. The number of nitrogens with one attached hydrogen (secondary N) is 2. The van der Waals surface area contributed by atoms with Crippen molar-refractivity contribution in [2.24, 2.45) is 10.9 Å². The van der Waals surface area contributed by atoms with Crippen molar-refractivity contribution in [3.05, 3.63) is 30.3 Å². The molecule has 1 aliphatic carbocycles. The van der Waals surface area contributed by atoms with Crippen LogP contribution in [0.2, 0.25) is 0 Å². The van der Waals surface area contributed by atoms with E-state index in [1.165, 1.54) is 32.1 Å². The molecule has 1 aromatic rings. The van der Waals surface area contributed by atoms with Crippen LogP contribution in [0.1, 0.15) is 32.1 Å². The molecule has 2 N–H and O–H groups in total. The molecule has 1 fully saturated rings. The number of benzene rings is 1. The van der Waals surface area contributed by atoms with Gasteiger partial charge in [-0.05, 0) is 30.9 Å².